The molecule has 2 aromatic heterocycles. The maximum Gasteiger partial charge on any atom is 0.416 e. The minimum atomic E-state index is -4.40. The third-order valence-corrected chi connectivity index (χ3v) is 5.46. The Hall–Kier alpha value is -4.21. The molecule has 1 unspecified atom stereocenters. The van der Waals surface area contributed by atoms with Crippen molar-refractivity contribution >= 4 is 23.6 Å². The van der Waals surface area contributed by atoms with Crippen molar-refractivity contribution in [2.75, 3.05) is 5.32 Å². The predicted octanol–water partition coefficient (Wildman–Crippen LogP) is 5.73. The van der Waals surface area contributed by atoms with E-state index in [4.69, 9.17) is 4.99 Å². The number of guanidine groups is 1. The summed E-state index contributed by atoms with van der Waals surface area (Å²) >= 11 is 0. The number of aromatic nitrogens is 3. The van der Waals surface area contributed by atoms with E-state index in [0.717, 1.165) is 23.4 Å². The molecule has 0 aliphatic carbocycles. The van der Waals surface area contributed by atoms with E-state index in [2.05, 4.69) is 30.8 Å². The highest BCUT2D eigenvalue weighted by Crippen LogP contribution is 2.29. The van der Waals surface area contributed by atoms with Gasteiger partial charge in [-0.05, 0) is 60.9 Å². The van der Waals surface area contributed by atoms with Crippen LogP contribution in [0.15, 0.2) is 82.8 Å². The molecule has 7 nitrogen and oxygen atoms in total. The number of H-pyrrole nitrogens is 1. The first-order chi connectivity index (χ1) is 17.3. The van der Waals surface area contributed by atoms with E-state index in [1.165, 1.54) is 6.07 Å². The van der Waals surface area contributed by atoms with Crippen molar-refractivity contribution < 1.29 is 13.2 Å². The Morgan fingerprint density at radius 3 is 2.61 bits per heavy atom. The van der Waals surface area contributed by atoms with Crippen LogP contribution in [0.4, 0.5) is 19.0 Å². The lowest BCUT2D eigenvalue weighted by atomic mass is 9.99. The topological polar surface area (TPSA) is 90.3 Å². The van der Waals surface area contributed by atoms with Gasteiger partial charge in [-0.1, -0.05) is 25.1 Å². The molecule has 3 aromatic rings. The maximum absolute atomic E-state index is 13.1. The number of anilines is 1. The third-order valence-electron chi connectivity index (χ3n) is 5.46. The van der Waals surface area contributed by atoms with Crippen LogP contribution in [0.1, 0.15) is 35.7 Å². The maximum atomic E-state index is 13.1. The summed E-state index contributed by atoms with van der Waals surface area (Å²) in [7, 11) is 0. The summed E-state index contributed by atoms with van der Waals surface area (Å²) in [5, 5.41) is 13.5. The Morgan fingerprint density at radius 2 is 1.89 bits per heavy atom. The number of hydrogen-bond donors (Lipinski definition) is 3. The van der Waals surface area contributed by atoms with Gasteiger partial charge in [0.05, 0.1) is 5.56 Å². The first-order valence-electron chi connectivity index (χ1n) is 11.4. The van der Waals surface area contributed by atoms with E-state index >= 15 is 0 Å². The smallest absolute Gasteiger partial charge is 0.366 e. The molecule has 0 spiro atoms. The average Bonchev–Trinajstić information content (AvgIpc) is 3.26. The van der Waals surface area contributed by atoms with Gasteiger partial charge < -0.3 is 10.6 Å². The molecule has 1 aliphatic rings. The van der Waals surface area contributed by atoms with Crippen molar-refractivity contribution in [3.8, 4) is 0 Å². The fraction of sp³-hybridized carbons (Fsp3) is 0.231. The van der Waals surface area contributed by atoms with Gasteiger partial charge in [0.15, 0.2) is 5.82 Å². The van der Waals surface area contributed by atoms with E-state index in [0.29, 0.717) is 41.8 Å². The number of halogens is 3. The van der Waals surface area contributed by atoms with Crippen LogP contribution in [0.5, 0.6) is 0 Å². The van der Waals surface area contributed by atoms with Crippen molar-refractivity contribution in [3.05, 3.63) is 95.2 Å². The standard InChI is InChI=1S/C26H26F3N7/c1-17-6-9-23(31-16-20-10-12-30-13-11-20)33-25(34-24-14-18(2)35-36-24)32-22(17)8-7-19-4-3-5-21(15-19)26(27,28)29/h3-5,7-15,17,31H,6,16H2,1-2H3,(H2,33,34,35,36)/b8-7+,23-9+,32-22-. The SMILES string of the molecule is Cc1cc(NC2=N/C(NCc3ccncc3)=C/CC(C)C(/C=C/c3cccc(C(F)(F)F)c3)=N\2)n[nH]1. The number of allylic oxidation sites excluding steroid dienone is 2. The molecule has 0 amide bonds. The van der Waals surface area contributed by atoms with Crippen LogP contribution >= 0.6 is 0 Å². The number of hydrogen-bond acceptors (Lipinski definition) is 6. The third kappa shape index (κ3) is 6.91. The number of nitrogens with one attached hydrogen (secondary N) is 3. The highest BCUT2D eigenvalue weighted by atomic mass is 19.4. The summed E-state index contributed by atoms with van der Waals surface area (Å²) in [5.41, 5.74) is 2.35. The van der Waals surface area contributed by atoms with Crippen LogP contribution in [0.2, 0.25) is 0 Å². The summed E-state index contributed by atoms with van der Waals surface area (Å²) in [5.74, 6) is 1.50. The van der Waals surface area contributed by atoms with Crippen LogP contribution in [-0.2, 0) is 12.7 Å². The molecule has 36 heavy (non-hydrogen) atoms. The van der Waals surface area contributed by atoms with Crippen LogP contribution in [0.25, 0.3) is 6.08 Å². The van der Waals surface area contributed by atoms with Gasteiger partial charge in [0, 0.05) is 42.3 Å². The molecule has 1 aliphatic heterocycles. The molecule has 0 fully saturated rings. The van der Waals surface area contributed by atoms with Crippen LogP contribution in [-0.4, -0.2) is 26.9 Å². The average molecular weight is 494 g/mol. The van der Waals surface area contributed by atoms with Gasteiger partial charge in [-0.3, -0.25) is 10.1 Å². The molecule has 1 atom stereocenters. The zero-order chi connectivity index (χ0) is 25.5. The molecule has 0 bridgehead atoms. The molecule has 1 aromatic carbocycles. The molecular formula is C26H26F3N7. The zero-order valence-corrected chi connectivity index (χ0v) is 19.8. The summed E-state index contributed by atoms with van der Waals surface area (Å²) in [6.07, 6.45) is 5.05. The highest BCUT2D eigenvalue weighted by Gasteiger charge is 2.30. The normalized spacial score (nSPS) is 20.9. The second-order valence-electron chi connectivity index (χ2n) is 8.42. The van der Waals surface area contributed by atoms with Gasteiger partial charge in [-0.25, -0.2) is 4.99 Å². The predicted molar refractivity (Wildman–Crippen MR) is 135 cm³/mol. The number of nitrogens with zero attached hydrogens (tertiary/aromatic N) is 4. The van der Waals surface area contributed by atoms with Crippen molar-refractivity contribution in [2.24, 2.45) is 15.9 Å². The van der Waals surface area contributed by atoms with Crippen molar-refractivity contribution in [1.29, 1.82) is 0 Å². The molecule has 186 valence electrons. The van der Waals surface area contributed by atoms with Crippen LogP contribution < -0.4 is 10.6 Å². The first-order valence-corrected chi connectivity index (χ1v) is 11.4. The Balaban J connectivity index is 1.61. The lowest BCUT2D eigenvalue weighted by Crippen LogP contribution is -2.21. The van der Waals surface area contributed by atoms with Gasteiger partial charge in [0.2, 0.25) is 5.96 Å². The molecule has 10 heteroatoms. The number of benzene rings is 1. The van der Waals surface area contributed by atoms with Crippen molar-refractivity contribution in [1.82, 2.24) is 20.5 Å². The number of aliphatic imine (C=N–C) groups is 2. The fourth-order valence-electron chi connectivity index (χ4n) is 3.49. The first kappa shape index (κ1) is 24.9. The van der Waals surface area contributed by atoms with Crippen molar-refractivity contribution in [3.63, 3.8) is 0 Å². The number of aromatic amines is 1. The number of aryl methyl sites for hydroxylation is 1. The van der Waals surface area contributed by atoms with Gasteiger partial charge >= 0.3 is 6.18 Å². The molecule has 0 saturated heterocycles. The van der Waals surface area contributed by atoms with E-state index < -0.39 is 11.7 Å². The van der Waals surface area contributed by atoms with Crippen LogP contribution in [0.3, 0.4) is 0 Å². The minimum absolute atomic E-state index is 0.0157. The summed E-state index contributed by atoms with van der Waals surface area (Å²) in [4.78, 5) is 13.4. The monoisotopic (exact) mass is 493 g/mol. The van der Waals surface area contributed by atoms with Gasteiger partial charge in [-0.15, -0.1) is 0 Å². The lowest BCUT2D eigenvalue weighted by molar-refractivity contribution is -0.137. The van der Waals surface area contributed by atoms with Gasteiger partial charge in [0.25, 0.3) is 0 Å². The molecular weight excluding hydrogens is 467 g/mol. The molecule has 0 saturated carbocycles. The van der Waals surface area contributed by atoms with Gasteiger partial charge in [-0.2, -0.15) is 23.3 Å². The Morgan fingerprint density at radius 1 is 1.08 bits per heavy atom. The Kier molecular flexibility index (Phi) is 7.62. The van der Waals surface area contributed by atoms with Crippen LogP contribution in [0, 0.1) is 12.8 Å². The number of pyridine rings is 1. The fourth-order valence-corrected chi connectivity index (χ4v) is 3.49. The largest absolute Gasteiger partial charge is 0.416 e. The highest BCUT2D eigenvalue weighted by molar-refractivity contribution is 6.09. The quantitative estimate of drug-likeness (QED) is 0.409. The second kappa shape index (κ2) is 11.0. The Labute approximate surface area is 207 Å². The summed E-state index contributed by atoms with van der Waals surface area (Å²) in [6, 6.07) is 10.9. The summed E-state index contributed by atoms with van der Waals surface area (Å²) in [6.45, 7) is 4.45. The molecule has 4 rings (SSSR count). The summed E-state index contributed by atoms with van der Waals surface area (Å²) < 4.78 is 39.3. The minimum Gasteiger partial charge on any atom is -0.366 e. The Bertz CT molecular complexity index is 1300. The van der Waals surface area contributed by atoms with E-state index in [1.54, 1.807) is 30.6 Å². The molecule has 3 N–H and O–H groups in total. The van der Waals surface area contributed by atoms with Crippen molar-refractivity contribution in [2.45, 2.75) is 33.0 Å². The van der Waals surface area contributed by atoms with E-state index in [9.17, 15) is 13.2 Å². The van der Waals surface area contributed by atoms with E-state index in [1.807, 2.05) is 38.1 Å². The molecule has 0 radical (unpaired) electrons. The lowest BCUT2D eigenvalue weighted by Gasteiger charge is -2.16. The zero-order valence-electron chi connectivity index (χ0n) is 19.8. The second-order valence-corrected chi connectivity index (χ2v) is 8.42. The van der Waals surface area contributed by atoms with Gasteiger partial charge in [0.1, 0.15) is 5.82 Å². The van der Waals surface area contributed by atoms with E-state index in [-0.39, 0.29) is 5.92 Å². The number of rotatable bonds is 6. The number of alkyl halides is 3. The molecule has 3 heterocycles.